The molecule has 22 heteroatoms. The van der Waals surface area contributed by atoms with E-state index in [0.717, 1.165) is 12.8 Å². The van der Waals surface area contributed by atoms with Gasteiger partial charge in [-0.25, -0.2) is 4.79 Å². The van der Waals surface area contributed by atoms with Crippen molar-refractivity contribution in [3.63, 3.8) is 0 Å². The van der Waals surface area contributed by atoms with Gasteiger partial charge in [0.25, 0.3) is 0 Å². The first kappa shape index (κ1) is 62.3. The minimum atomic E-state index is -2.07. The number of carboxylic acids is 1. The van der Waals surface area contributed by atoms with Crippen LogP contribution in [-0.2, 0) is 42.7 Å². The zero-order valence-corrected chi connectivity index (χ0v) is 47.3. The summed E-state index contributed by atoms with van der Waals surface area (Å²) in [6.45, 7) is 16.2. The number of carbonyl (C=O) groups is 3. The molecule has 0 spiro atoms. The van der Waals surface area contributed by atoms with Gasteiger partial charge in [-0.3, -0.25) is 14.4 Å². The molecule has 1 saturated carbocycles. The fraction of sp³-hybridized carbons (Fsp3) is 0.782. The molecule has 4 aliphatic rings. The van der Waals surface area contributed by atoms with Crippen LogP contribution in [0.5, 0.6) is 0 Å². The zero-order chi connectivity index (χ0) is 57.1. The Labute approximate surface area is 452 Å². The van der Waals surface area contributed by atoms with Crippen LogP contribution < -0.4 is 16.1 Å². The number of anilines is 1. The molecule has 0 radical (unpaired) electrons. The van der Waals surface area contributed by atoms with E-state index in [0.29, 0.717) is 36.1 Å². The van der Waals surface area contributed by atoms with Crippen LogP contribution in [0.1, 0.15) is 124 Å². The maximum absolute atomic E-state index is 14.5. The lowest BCUT2D eigenvalue weighted by molar-refractivity contribution is -0.335. The number of aromatic nitrogens is 1. The fourth-order valence-corrected chi connectivity index (χ4v) is 11.8. The number of fused-ring (bicyclic) bond motifs is 1. The van der Waals surface area contributed by atoms with Gasteiger partial charge in [-0.15, -0.1) is 0 Å². The van der Waals surface area contributed by atoms with Crippen molar-refractivity contribution in [3.8, 4) is 0 Å². The summed E-state index contributed by atoms with van der Waals surface area (Å²) in [4.78, 5) is 56.7. The Kier molecular flexibility index (Phi) is 20.8. The third-order valence-corrected chi connectivity index (χ3v) is 16.4. The summed E-state index contributed by atoms with van der Waals surface area (Å²) < 4.78 is 45.6. The summed E-state index contributed by atoms with van der Waals surface area (Å²) in [7, 11) is 6.79. The first-order valence-corrected chi connectivity index (χ1v) is 27.4. The highest BCUT2D eigenvalue weighted by Gasteiger charge is 2.54. The molecule has 1 amide bonds. The topological polar surface area (TPSA) is 290 Å². The van der Waals surface area contributed by atoms with Crippen molar-refractivity contribution in [1.82, 2.24) is 19.7 Å². The molecule has 77 heavy (non-hydrogen) atoms. The van der Waals surface area contributed by atoms with Gasteiger partial charge in [0.15, 0.2) is 18.4 Å². The third kappa shape index (κ3) is 14.5. The maximum Gasteiger partial charge on any atom is 0.341 e. The Morgan fingerprint density at radius 3 is 2.27 bits per heavy atom. The second kappa shape index (κ2) is 25.7. The van der Waals surface area contributed by atoms with Gasteiger partial charge in [-0.1, -0.05) is 20.8 Å². The Balaban J connectivity index is 1.17. The summed E-state index contributed by atoms with van der Waals surface area (Å²) in [5.41, 5.74) is -3.15. The number of ether oxygens (including phenoxy) is 7. The third-order valence-electron chi connectivity index (χ3n) is 16.4. The lowest BCUT2D eigenvalue weighted by atomic mass is 9.77. The number of benzene rings is 1. The number of methoxy groups -OCH3 is 1. The van der Waals surface area contributed by atoms with E-state index in [-0.39, 0.29) is 68.6 Å². The zero-order valence-electron chi connectivity index (χ0n) is 47.3. The molecule has 8 N–H and O–H groups in total. The molecule has 436 valence electrons. The largest absolute Gasteiger partial charge is 0.477 e. The highest BCUT2D eigenvalue weighted by atomic mass is 16.7. The molecule has 1 aromatic heterocycles. The number of esters is 1. The van der Waals surface area contributed by atoms with Crippen LogP contribution in [-0.4, -0.2) is 208 Å². The Hall–Kier alpha value is -3.88. The Morgan fingerprint density at radius 1 is 0.961 bits per heavy atom. The molecular formula is C55H89N5O17. The van der Waals surface area contributed by atoms with Crippen molar-refractivity contribution in [2.45, 2.75) is 204 Å². The number of carboxylic acid groups (broad SMARTS) is 1. The number of amides is 1. The van der Waals surface area contributed by atoms with Crippen LogP contribution in [0.15, 0.2) is 29.2 Å². The monoisotopic (exact) mass is 1090 g/mol. The van der Waals surface area contributed by atoms with Gasteiger partial charge in [0, 0.05) is 67.9 Å². The number of carbonyl (C=O) groups excluding carboxylic acids is 2. The van der Waals surface area contributed by atoms with Gasteiger partial charge in [-0.2, -0.15) is 0 Å². The van der Waals surface area contributed by atoms with Gasteiger partial charge >= 0.3 is 11.9 Å². The second-order valence-electron chi connectivity index (χ2n) is 23.1. The number of cyclic esters (lactones) is 1. The van der Waals surface area contributed by atoms with Crippen LogP contribution in [0.4, 0.5) is 5.69 Å². The molecule has 1 aliphatic carbocycles. The quantitative estimate of drug-likeness (QED) is 0.0642. The highest BCUT2D eigenvalue weighted by Crippen LogP contribution is 2.41. The number of pyridine rings is 1. The van der Waals surface area contributed by atoms with Crippen molar-refractivity contribution >= 4 is 34.4 Å². The number of hydrogen-bond donors (Lipinski definition) is 8. The summed E-state index contributed by atoms with van der Waals surface area (Å²) >= 11 is 0. The molecule has 6 rings (SSSR count). The van der Waals surface area contributed by atoms with Crippen LogP contribution >= 0.6 is 0 Å². The summed E-state index contributed by atoms with van der Waals surface area (Å²) in [5, 5.41) is 76.1. The first-order chi connectivity index (χ1) is 36.0. The summed E-state index contributed by atoms with van der Waals surface area (Å²) in [5.74, 6) is -6.93. The van der Waals surface area contributed by atoms with Crippen molar-refractivity contribution in [3.05, 3.63) is 40.2 Å². The standard InChI is InChI=1S/C55H89N5O17/c1-14-41-54(9,69)48(64)33(6)59(12)27-29(2)25-53(8,68)49(77-52-45(63)40(58(10)11)23-30(3)73-52)31(4)46(32(5)51(67)75-41)76-43-26-55(70,71-13)47(34(7)74-43)57-42(61)19-21-72-22-20-56-35-15-18-39-37(24-35)44(62)38(50(65)66)28-60(39)36-16-17-36/h15,18,24,28-34,36,40-41,43,45-49,52,56,63-64,68-70H,14,16-17,19-23,25-27H2,1-13H3,(H,57,61)(H,65,66)/t29-,30-,31+,32-,33-,34+,40+,41-,43+,45-,46+,47-,48+,49-,52+,53-,54-,55-/m1/s1. The van der Waals surface area contributed by atoms with Crippen molar-refractivity contribution in [2.24, 2.45) is 17.8 Å². The van der Waals surface area contributed by atoms with Crippen LogP contribution in [0.2, 0.25) is 0 Å². The van der Waals surface area contributed by atoms with E-state index in [1.54, 1.807) is 53.7 Å². The van der Waals surface area contributed by atoms with Crippen molar-refractivity contribution < 1.29 is 78.2 Å². The van der Waals surface area contributed by atoms with E-state index in [2.05, 4.69) is 10.6 Å². The molecular weight excluding hydrogens is 1000 g/mol. The Bertz CT molecular complexity index is 2380. The predicted octanol–water partition coefficient (Wildman–Crippen LogP) is 2.82. The first-order valence-electron chi connectivity index (χ1n) is 27.4. The van der Waals surface area contributed by atoms with E-state index in [1.165, 1.54) is 20.2 Å². The Morgan fingerprint density at radius 2 is 1.65 bits per heavy atom. The number of nitrogens with zero attached hydrogens (tertiary/aromatic N) is 3. The second-order valence-corrected chi connectivity index (χ2v) is 23.1. The summed E-state index contributed by atoms with van der Waals surface area (Å²) in [6, 6.07) is 3.33. The molecule has 18 atom stereocenters. The number of rotatable bonds is 17. The molecule has 4 heterocycles. The van der Waals surface area contributed by atoms with Gasteiger partial charge in [0.1, 0.15) is 35.5 Å². The molecule has 22 nitrogen and oxygen atoms in total. The minimum absolute atomic E-state index is 0.0123. The molecule has 0 unspecified atom stereocenters. The molecule has 1 aromatic carbocycles. The van der Waals surface area contributed by atoms with Crippen LogP contribution in [0.25, 0.3) is 10.9 Å². The maximum atomic E-state index is 14.5. The lowest BCUT2D eigenvalue weighted by Gasteiger charge is -2.49. The lowest BCUT2D eigenvalue weighted by Crippen LogP contribution is -2.65. The predicted molar refractivity (Wildman–Crippen MR) is 284 cm³/mol. The van der Waals surface area contributed by atoms with Crippen molar-refractivity contribution in [2.75, 3.05) is 59.9 Å². The number of aromatic carboxylic acids is 1. The average Bonchev–Trinajstić information content (AvgIpc) is 4.24. The number of nitrogens with one attached hydrogen (secondary N) is 2. The number of aliphatic hydroxyl groups is 5. The highest BCUT2D eigenvalue weighted by molar-refractivity contribution is 5.93. The van der Waals surface area contributed by atoms with Gasteiger partial charge in [-0.05, 0) is 119 Å². The average molecular weight is 1090 g/mol. The number of hydrogen-bond acceptors (Lipinski definition) is 19. The molecule has 3 aliphatic heterocycles. The smallest absolute Gasteiger partial charge is 0.341 e. The van der Waals surface area contributed by atoms with E-state index in [4.69, 9.17) is 33.2 Å². The SMILES string of the molecule is CC[C@H]1OC(=O)[C@H](C)[C@@H](O[C@H]2C[C@@](O)(OC)[C@H](NC(=O)CCOCCNc3ccc4c(c3)c(=O)c(C(=O)O)cn4C3CC3)[C@H](C)O2)[C@H](C)[C@@H](O[C@@H]2O[C@H](C)C[C@H](N(C)C)[C@H]2O)[C@](C)(O)C[C@@H](C)CN(C)[C@H](C)[C@H](O)[C@]1(C)O. The molecule has 3 saturated heterocycles. The van der Waals surface area contributed by atoms with E-state index >= 15 is 0 Å². The normalized spacial score (nSPS) is 38.2. The fourth-order valence-electron chi connectivity index (χ4n) is 11.8. The van der Waals surface area contributed by atoms with Crippen molar-refractivity contribution in [1.29, 1.82) is 0 Å². The number of likely N-dealkylation sites (N-methyl/N-ethyl adjacent to an activating group) is 2. The molecule has 4 fully saturated rings. The van der Waals surface area contributed by atoms with Crippen LogP contribution in [0.3, 0.4) is 0 Å². The molecule has 2 aromatic rings. The van der Waals surface area contributed by atoms with Crippen LogP contribution in [0, 0.1) is 17.8 Å². The number of aliphatic hydroxyl groups excluding tert-OH is 2. The van der Waals surface area contributed by atoms with Gasteiger partial charge in [0.05, 0.1) is 61.1 Å². The minimum Gasteiger partial charge on any atom is -0.477 e. The van der Waals surface area contributed by atoms with Gasteiger partial charge < -0.3 is 88.8 Å². The van der Waals surface area contributed by atoms with E-state index < -0.39 is 113 Å². The summed E-state index contributed by atoms with van der Waals surface area (Å²) in [6.07, 6.45) is -6.24. The molecule has 0 bridgehead atoms. The van der Waals surface area contributed by atoms with Gasteiger partial charge in [0.2, 0.25) is 11.3 Å². The van der Waals surface area contributed by atoms with E-state index in [9.17, 15) is 49.8 Å². The van der Waals surface area contributed by atoms with E-state index in [1.807, 2.05) is 55.4 Å².